The molecule has 0 saturated heterocycles. The van der Waals surface area contributed by atoms with Gasteiger partial charge in [0.15, 0.2) is 0 Å². The number of carbonyl (C=O) groups is 1. The molecule has 0 heterocycles. The number of nitrogens with zero attached hydrogens (tertiary/aromatic N) is 1. The summed E-state index contributed by atoms with van der Waals surface area (Å²) in [5.41, 5.74) is 0.613. The molecule has 0 spiro atoms. The van der Waals surface area contributed by atoms with Crippen LogP contribution in [-0.2, 0) is 4.74 Å². The minimum absolute atomic E-state index is 0.0232. The van der Waals surface area contributed by atoms with E-state index in [1.54, 1.807) is 12.1 Å². The summed E-state index contributed by atoms with van der Waals surface area (Å²) >= 11 is 0. The summed E-state index contributed by atoms with van der Waals surface area (Å²) in [6, 6.07) is 4.46. The van der Waals surface area contributed by atoms with Crippen LogP contribution in [0.25, 0.3) is 0 Å². The fourth-order valence-electron chi connectivity index (χ4n) is 2.25. The first-order valence-electron chi connectivity index (χ1n) is 8.38. The normalized spacial score (nSPS) is 13.8. The van der Waals surface area contributed by atoms with Crippen LogP contribution in [0.5, 0.6) is 0 Å². The molecular formula is C17H25N3O4. The molecule has 0 aromatic heterocycles. The second kappa shape index (κ2) is 8.63. The number of nitro benzene ring substituents is 1. The highest BCUT2D eigenvalue weighted by atomic mass is 16.6. The van der Waals surface area contributed by atoms with E-state index in [0.717, 1.165) is 18.9 Å². The third-order valence-electron chi connectivity index (χ3n) is 3.71. The van der Waals surface area contributed by atoms with Crippen LogP contribution in [0.4, 0.5) is 11.4 Å². The molecule has 7 heteroatoms. The Labute approximate surface area is 141 Å². The monoisotopic (exact) mass is 335 g/mol. The Hall–Kier alpha value is -2.15. The molecule has 0 radical (unpaired) electrons. The fraction of sp³-hybridized carbons (Fsp3) is 0.588. The maximum absolute atomic E-state index is 12.0. The lowest BCUT2D eigenvalue weighted by molar-refractivity contribution is -0.384. The van der Waals surface area contributed by atoms with E-state index in [1.807, 2.05) is 13.8 Å². The first-order valence-corrected chi connectivity index (χ1v) is 8.38. The molecule has 1 fully saturated rings. The average molecular weight is 335 g/mol. The number of hydrogen-bond donors (Lipinski definition) is 2. The number of hydrogen-bond acceptors (Lipinski definition) is 5. The third-order valence-corrected chi connectivity index (χ3v) is 3.71. The molecule has 1 aromatic carbocycles. The van der Waals surface area contributed by atoms with Gasteiger partial charge >= 0.3 is 0 Å². The predicted molar refractivity (Wildman–Crippen MR) is 92.3 cm³/mol. The van der Waals surface area contributed by atoms with Gasteiger partial charge in [-0.2, -0.15) is 0 Å². The molecule has 132 valence electrons. The van der Waals surface area contributed by atoms with Gasteiger partial charge in [0.05, 0.1) is 4.92 Å². The molecule has 0 aliphatic heterocycles. The van der Waals surface area contributed by atoms with Crippen LogP contribution >= 0.6 is 0 Å². The van der Waals surface area contributed by atoms with Crippen molar-refractivity contribution in [2.75, 3.05) is 25.1 Å². The second-order valence-corrected chi connectivity index (χ2v) is 6.42. The molecule has 0 unspecified atom stereocenters. The second-order valence-electron chi connectivity index (χ2n) is 6.42. The number of benzene rings is 1. The standard InChI is InChI=1S/C17H25N3O4/c1-12(2)19-17(21)14-6-7-15(16(10-14)20(22)23)18-8-3-9-24-11-13-4-5-13/h6-7,10,12-13,18H,3-5,8-9,11H2,1-2H3,(H,19,21). The summed E-state index contributed by atoms with van der Waals surface area (Å²) < 4.78 is 5.53. The van der Waals surface area contributed by atoms with Gasteiger partial charge in [-0.1, -0.05) is 0 Å². The predicted octanol–water partition coefficient (Wildman–Crippen LogP) is 2.96. The van der Waals surface area contributed by atoms with E-state index in [4.69, 9.17) is 4.74 Å². The lowest BCUT2D eigenvalue weighted by Gasteiger charge is -2.11. The maximum atomic E-state index is 12.0. The first kappa shape index (κ1) is 18.2. The van der Waals surface area contributed by atoms with Crippen LogP contribution in [0.1, 0.15) is 43.5 Å². The van der Waals surface area contributed by atoms with E-state index in [-0.39, 0.29) is 23.2 Å². The van der Waals surface area contributed by atoms with Crippen molar-refractivity contribution in [3.8, 4) is 0 Å². The van der Waals surface area contributed by atoms with Gasteiger partial charge in [-0.25, -0.2) is 0 Å². The van der Waals surface area contributed by atoms with Crippen LogP contribution in [0.3, 0.4) is 0 Å². The van der Waals surface area contributed by atoms with Gasteiger partial charge in [0.2, 0.25) is 0 Å². The number of nitrogens with one attached hydrogen (secondary N) is 2. The van der Waals surface area contributed by atoms with Crippen LogP contribution in [0.2, 0.25) is 0 Å². The van der Waals surface area contributed by atoms with E-state index in [1.165, 1.54) is 18.9 Å². The smallest absolute Gasteiger partial charge is 0.293 e. The highest BCUT2D eigenvalue weighted by Gasteiger charge is 2.21. The zero-order valence-corrected chi connectivity index (χ0v) is 14.2. The van der Waals surface area contributed by atoms with Crippen molar-refractivity contribution in [1.82, 2.24) is 5.32 Å². The van der Waals surface area contributed by atoms with Crippen molar-refractivity contribution in [3.05, 3.63) is 33.9 Å². The van der Waals surface area contributed by atoms with Gasteiger partial charge in [0, 0.05) is 37.4 Å². The van der Waals surface area contributed by atoms with Crippen LogP contribution in [0.15, 0.2) is 18.2 Å². The van der Waals surface area contributed by atoms with Gasteiger partial charge in [-0.15, -0.1) is 0 Å². The third kappa shape index (κ3) is 5.81. The highest BCUT2D eigenvalue weighted by Crippen LogP contribution is 2.29. The summed E-state index contributed by atoms with van der Waals surface area (Å²) in [5.74, 6) is 0.428. The molecule has 1 saturated carbocycles. The van der Waals surface area contributed by atoms with Gasteiger partial charge in [0.25, 0.3) is 11.6 Å². The van der Waals surface area contributed by atoms with Crippen molar-refractivity contribution in [2.24, 2.45) is 5.92 Å². The molecule has 1 amide bonds. The molecule has 2 rings (SSSR count). The highest BCUT2D eigenvalue weighted by molar-refractivity contribution is 5.95. The van der Waals surface area contributed by atoms with E-state index >= 15 is 0 Å². The molecular weight excluding hydrogens is 310 g/mol. The lowest BCUT2D eigenvalue weighted by atomic mass is 10.1. The Morgan fingerprint density at radius 2 is 2.17 bits per heavy atom. The summed E-state index contributed by atoms with van der Waals surface area (Å²) in [5, 5.41) is 17.0. The van der Waals surface area contributed by atoms with Gasteiger partial charge < -0.3 is 15.4 Å². The molecule has 24 heavy (non-hydrogen) atoms. The zero-order valence-electron chi connectivity index (χ0n) is 14.2. The topological polar surface area (TPSA) is 93.5 Å². The van der Waals surface area contributed by atoms with Crippen molar-refractivity contribution in [3.63, 3.8) is 0 Å². The number of ether oxygens (including phenoxy) is 1. The summed E-state index contributed by atoms with van der Waals surface area (Å²) in [4.78, 5) is 22.7. The number of nitro groups is 1. The Balaban J connectivity index is 1.88. The number of amides is 1. The Morgan fingerprint density at radius 3 is 2.79 bits per heavy atom. The van der Waals surface area contributed by atoms with E-state index in [2.05, 4.69) is 10.6 Å². The minimum Gasteiger partial charge on any atom is -0.381 e. The van der Waals surface area contributed by atoms with E-state index in [0.29, 0.717) is 18.8 Å². The zero-order chi connectivity index (χ0) is 17.5. The van der Waals surface area contributed by atoms with Crippen molar-refractivity contribution in [1.29, 1.82) is 0 Å². The summed E-state index contributed by atoms with van der Waals surface area (Å²) in [7, 11) is 0. The number of carbonyl (C=O) groups excluding carboxylic acids is 1. The Morgan fingerprint density at radius 1 is 1.42 bits per heavy atom. The van der Waals surface area contributed by atoms with Gasteiger partial charge in [0.1, 0.15) is 5.69 Å². The molecule has 7 nitrogen and oxygen atoms in total. The fourth-order valence-corrected chi connectivity index (χ4v) is 2.25. The van der Waals surface area contributed by atoms with E-state index < -0.39 is 4.92 Å². The first-order chi connectivity index (χ1) is 11.5. The molecule has 1 aliphatic carbocycles. The minimum atomic E-state index is -0.474. The van der Waals surface area contributed by atoms with E-state index in [9.17, 15) is 14.9 Å². The van der Waals surface area contributed by atoms with Crippen molar-refractivity contribution in [2.45, 2.75) is 39.2 Å². The molecule has 2 N–H and O–H groups in total. The Bertz CT molecular complexity index is 585. The average Bonchev–Trinajstić information content (AvgIpc) is 3.34. The molecule has 0 atom stereocenters. The molecule has 0 bridgehead atoms. The SMILES string of the molecule is CC(C)NC(=O)c1ccc(NCCCOCC2CC2)c([N+](=O)[O-])c1. The number of anilines is 1. The van der Waals surface area contributed by atoms with Crippen molar-refractivity contribution >= 4 is 17.3 Å². The summed E-state index contributed by atoms with van der Waals surface area (Å²) in [6.45, 7) is 5.73. The van der Waals surface area contributed by atoms with Gasteiger partial charge in [-0.3, -0.25) is 14.9 Å². The van der Waals surface area contributed by atoms with Gasteiger partial charge in [-0.05, 0) is 51.2 Å². The quantitative estimate of drug-likeness (QED) is 0.389. The van der Waals surface area contributed by atoms with Crippen LogP contribution < -0.4 is 10.6 Å². The maximum Gasteiger partial charge on any atom is 0.293 e. The molecule has 1 aromatic rings. The van der Waals surface area contributed by atoms with Crippen LogP contribution in [0, 0.1) is 16.0 Å². The largest absolute Gasteiger partial charge is 0.381 e. The Kier molecular flexibility index (Phi) is 6.54. The summed E-state index contributed by atoms with van der Waals surface area (Å²) in [6.07, 6.45) is 3.31. The lowest BCUT2D eigenvalue weighted by Crippen LogP contribution is -2.30. The molecule has 1 aliphatic rings. The number of rotatable bonds is 10. The van der Waals surface area contributed by atoms with Crippen molar-refractivity contribution < 1.29 is 14.5 Å². The van der Waals surface area contributed by atoms with Crippen LogP contribution in [-0.4, -0.2) is 36.6 Å².